The van der Waals surface area contributed by atoms with E-state index in [1.807, 2.05) is 0 Å². The first-order valence-electron chi connectivity index (χ1n) is 12.3. The van der Waals surface area contributed by atoms with E-state index in [2.05, 4.69) is 10.3 Å². The lowest BCUT2D eigenvalue weighted by atomic mass is 9.75. The number of aromatic nitrogens is 1. The second-order valence-electron chi connectivity index (χ2n) is 9.61. The molecular weight excluding hydrogens is 470 g/mol. The number of hydrogen-bond donors (Lipinski definition) is 1. The van der Waals surface area contributed by atoms with E-state index in [4.69, 9.17) is 4.74 Å². The third-order valence-corrected chi connectivity index (χ3v) is 7.35. The maximum Gasteiger partial charge on any atom is 0.325 e. The van der Waals surface area contributed by atoms with Gasteiger partial charge in [-0.25, -0.2) is 13.6 Å². The number of ether oxygens (including phenoxy) is 1. The number of nitrogens with one attached hydrogen (secondary N) is 1. The minimum Gasteiger partial charge on any atom is -0.376 e. The topological polar surface area (TPSA) is 91.8 Å². The van der Waals surface area contributed by atoms with Crippen molar-refractivity contribution in [2.75, 3.05) is 26.2 Å². The molecule has 0 saturated carbocycles. The Kier molecular flexibility index (Phi) is 6.70. The van der Waals surface area contributed by atoms with Crippen molar-refractivity contribution in [3.63, 3.8) is 0 Å². The average Bonchev–Trinajstić information content (AvgIpc) is 3.47. The monoisotopic (exact) mass is 498 g/mol. The first-order chi connectivity index (χ1) is 17.4. The van der Waals surface area contributed by atoms with Gasteiger partial charge in [-0.3, -0.25) is 19.5 Å². The van der Waals surface area contributed by atoms with Gasteiger partial charge in [-0.1, -0.05) is 6.07 Å². The van der Waals surface area contributed by atoms with Crippen LogP contribution in [0.25, 0.3) is 0 Å². The predicted molar refractivity (Wildman–Crippen MR) is 124 cm³/mol. The van der Waals surface area contributed by atoms with E-state index in [1.165, 1.54) is 4.90 Å². The third kappa shape index (κ3) is 4.57. The number of carbonyl (C=O) groups is 3. The van der Waals surface area contributed by atoms with Crippen LogP contribution in [0.5, 0.6) is 0 Å². The second kappa shape index (κ2) is 9.93. The number of carbonyl (C=O) groups excluding carboxylic acids is 3. The lowest BCUT2D eigenvalue weighted by Gasteiger charge is -2.40. The van der Waals surface area contributed by atoms with E-state index < -0.39 is 23.2 Å². The summed E-state index contributed by atoms with van der Waals surface area (Å²) in [5.74, 6) is -2.32. The van der Waals surface area contributed by atoms with E-state index in [9.17, 15) is 23.2 Å². The highest BCUT2D eigenvalue weighted by molar-refractivity contribution is 6.07. The van der Waals surface area contributed by atoms with Gasteiger partial charge in [0.15, 0.2) is 5.54 Å². The maximum atomic E-state index is 13.8. The molecule has 190 valence electrons. The van der Waals surface area contributed by atoms with Crippen LogP contribution in [0.2, 0.25) is 0 Å². The van der Waals surface area contributed by atoms with E-state index in [0.717, 1.165) is 31.0 Å². The number of urea groups is 1. The van der Waals surface area contributed by atoms with E-state index in [-0.39, 0.29) is 42.4 Å². The molecule has 4 amide bonds. The molecule has 36 heavy (non-hydrogen) atoms. The van der Waals surface area contributed by atoms with Crippen LogP contribution in [0.1, 0.15) is 36.9 Å². The summed E-state index contributed by atoms with van der Waals surface area (Å²) in [6.45, 7) is 1.52. The fourth-order valence-electron chi connectivity index (χ4n) is 5.57. The highest BCUT2D eigenvalue weighted by Crippen LogP contribution is 2.41. The summed E-state index contributed by atoms with van der Waals surface area (Å²) in [5, 5.41) is 2.96. The van der Waals surface area contributed by atoms with Crippen LogP contribution in [0, 0.1) is 17.6 Å². The van der Waals surface area contributed by atoms with Gasteiger partial charge in [0.1, 0.15) is 11.6 Å². The molecule has 2 aromatic rings. The first-order valence-corrected chi connectivity index (χ1v) is 12.3. The number of halogens is 2. The van der Waals surface area contributed by atoms with Gasteiger partial charge in [0, 0.05) is 37.9 Å². The van der Waals surface area contributed by atoms with Crippen molar-refractivity contribution in [1.82, 2.24) is 20.1 Å². The molecule has 3 aliphatic rings. The molecule has 3 aliphatic heterocycles. The number of imide groups is 1. The Balaban J connectivity index is 1.33. The van der Waals surface area contributed by atoms with Gasteiger partial charge in [0.2, 0.25) is 5.91 Å². The molecule has 10 heteroatoms. The number of amides is 4. The maximum absolute atomic E-state index is 13.8. The molecule has 1 aromatic carbocycles. The van der Waals surface area contributed by atoms with Crippen LogP contribution in [-0.4, -0.2) is 65.0 Å². The average molecular weight is 499 g/mol. The number of piperidine rings is 1. The number of likely N-dealkylation sites (tertiary alicyclic amines) is 1. The lowest BCUT2D eigenvalue weighted by Crippen LogP contribution is -2.55. The molecule has 2 atom stereocenters. The summed E-state index contributed by atoms with van der Waals surface area (Å²) in [4.78, 5) is 47.0. The van der Waals surface area contributed by atoms with Crippen molar-refractivity contribution in [2.24, 2.45) is 5.92 Å². The molecule has 1 N–H and O–H groups in total. The summed E-state index contributed by atoms with van der Waals surface area (Å²) in [6, 6.07) is 7.88. The molecule has 1 aromatic heterocycles. The van der Waals surface area contributed by atoms with Gasteiger partial charge in [-0.15, -0.1) is 0 Å². The molecule has 4 heterocycles. The molecule has 0 radical (unpaired) electrons. The van der Waals surface area contributed by atoms with Crippen LogP contribution in [0.15, 0.2) is 42.6 Å². The quantitative estimate of drug-likeness (QED) is 0.619. The van der Waals surface area contributed by atoms with Crippen molar-refractivity contribution in [3.05, 3.63) is 65.5 Å². The van der Waals surface area contributed by atoms with E-state index in [0.29, 0.717) is 38.2 Å². The molecule has 3 fully saturated rings. The molecule has 0 spiro atoms. The Labute approximate surface area is 207 Å². The lowest BCUT2D eigenvalue weighted by molar-refractivity contribution is -0.137. The van der Waals surface area contributed by atoms with Crippen LogP contribution < -0.4 is 5.32 Å². The number of hydrogen-bond acceptors (Lipinski definition) is 5. The molecule has 5 rings (SSSR count). The first kappa shape index (κ1) is 24.3. The molecule has 3 saturated heterocycles. The number of benzene rings is 1. The standard InChI is InChI=1S/C26H28F2N4O4/c27-19-12-17(13-20(28)15-19)14-23(33)31-9-6-18(7-10-31)26(22-5-1-2-8-29-22)24(34)32(25(35)30-26)16-21-4-3-11-36-21/h1-2,5,8,12-13,15,18,21H,3-4,6-7,9-11,14,16H2,(H,30,35)/t21-,26-/m1/s1. The SMILES string of the molecule is O=C(Cc1cc(F)cc(F)c1)N1CCC([C@]2(c3ccccn3)NC(=O)N(C[C@H]3CCCO3)C2=O)CC1. The Bertz CT molecular complexity index is 1130. The Morgan fingerprint density at radius 1 is 1.11 bits per heavy atom. The van der Waals surface area contributed by atoms with Crippen molar-refractivity contribution in [1.29, 1.82) is 0 Å². The van der Waals surface area contributed by atoms with Gasteiger partial charge in [-0.2, -0.15) is 0 Å². The Morgan fingerprint density at radius 3 is 2.50 bits per heavy atom. The van der Waals surface area contributed by atoms with Crippen molar-refractivity contribution >= 4 is 17.8 Å². The van der Waals surface area contributed by atoms with Gasteiger partial charge in [0.05, 0.1) is 24.8 Å². The van der Waals surface area contributed by atoms with Gasteiger partial charge in [-0.05, 0) is 55.5 Å². The smallest absolute Gasteiger partial charge is 0.325 e. The summed E-state index contributed by atoms with van der Waals surface area (Å²) in [5.41, 5.74) is -0.580. The summed E-state index contributed by atoms with van der Waals surface area (Å²) in [6.07, 6.45) is 3.91. The number of nitrogens with zero attached hydrogens (tertiary/aromatic N) is 3. The largest absolute Gasteiger partial charge is 0.376 e. The van der Waals surface area contributed by atoms with Crippen molar-refractivity contribution < 1.29 is 27.9 Å². The van der Waals surface area contributed by atoms with Crippen LogP contribution >= 0.6 is 0 Å². The van der Waals surface area contributed by atoms with Crippen molar-refractivity contribution in [3.8, 4) is 0 Å². The van der Waals surface area contributed by atoms with Crippen LogP contribution in [0.3, 0.4) is 0 Å². The highest BCUT2D eigenvalue weighted by Gasteiger charge is 2.58. The molecular formula is C26H28F2N4O4. The second-order valence-corrected chi connectivity index (χ2v) is 9.61. The highest BCUT2D eigenvalue weighted by atomic mass is 19.1. The zero-order valence-corrected chi connectivity index (χ0v) is 19.8. The Morgan fingerprint density at radius 2 is 1.86 bits per heavy atom. The molecule has 0 bridgehead atoms. The van der Waals surface area contributed by atoms with Crippen molar-refractivity contribution in [2.45, 2.75) is 43.7 Å². The molecule has 0 unspecified atom stereocenters. The summed E-state index contributed by atoms with van der Waals surface area (Å²) in [7, 11) is 0. The number of rotatable bonds is 6. The molecule has 0 aliphatic carbocycles. The zero-order valence-electron chi connectivity index (χ0n) is 19.8. The molecule has 8 nitrogen and oxygen atoms in total. The summed E-state index contributed by atoms with van der Waals surface area (Å²) < 4.78 is 32.7. The van der Waals surface area contributed by atoms with Crippen LogP contribution in [0.4, 0.5) is 13.6 Å². The minimum absolute atomic E-state index is 0.116. The Hall–Kier alpha value is -3.40. The summed E-state index contributed by atoms with van der Waals surface area (Å²) >= 11 is 0. The number of pyridine rings is 1. The fraction of sp³-hybridized carbons (Fsp3) is 0.462. The van der Waals surface area contributed by atoms with Crippen LogP contribution in [-0.2, 0) is 26.3 Å². The van der Waals surface area contributed by atoms with Gasteiger partial charge >= 0.3 is 6.03 Å². The van der Waals surface area contributed by atoms with Gasteiger partial charge < -0.3 is 15.0 Å². The van der Waals surface area contributed by atoms with E-state index >= 15 is 0 Å². The zero-order chi connectivity index (χ0) is 25.3. The van der Waals surface area contributed by atoms with E-state index in [1.54, 1.807) is 29.3 Å². The fourth-order valence-corrected chi connectivity index (χ4v) is 5.57. The minimum atomic E-state index is -1.32. The predicted octanol–water partition coefficient (Wildman–Crippen LogP) is 2.77. The van der Waals surface area contributed by atoms with Gasteiger partial charge in [0.25, 0.3) is 5.91 Å². The normalized spacial score (nSPS) is 24.9. The third-order valence-electron chi connectivity index (χ3n) is 7.35.